The molecule has 0 fully saturated rings. The molecule has 4 rings (SSSR count). The summed E-state index contributed by atoms with van der Waals surface area (Å²) >= 11 is 0. The van der Waals surface area contributed by atoms with Gasteiger partial charge in [0.25, 0.3) is 0 Å². The van der Waals surface area contributed by atoms with E-state index in [1.165, 1.54) is 5.56 Å². The van der Waals surface area contributed by atoms with Gasteiger partial charge in [0.15, 0.2) is 0 Å². The van der Waals surface area contributed by atoms with Crippen LogP contribution in [0, 0.1) is 0 Å². The number of aromatic nitrogens is 1. The van der Waals surface area contributed by atoms with Gasteiger partial charge in [0.05, 0.1) is 17.1 Å². The van der Waals surface area contributed by atoms with Gasteiger partial charge in [-0.05, 0) is 62.9 Å². The fourth-order valence-electron chi connectivity index (χ4n) is 3.85. The molecular weight excluding hydrogens is 350 g/mol. The van der Waals surface area contributed by atoms with Crippen LogP contribution in [0.25, 0.3) is 11.3 Å². The van der Waals surface area contributed by atoms with E-state index in [-0.39, 0.29) is 6.09 Å². The molecule has 5 heteroatoms. The first kappa shape index (κ1) is 18.4. The van der Waals surface area contributed by atoms with Crippen LogP contribution in [0.2, 0.25) is 0 Å². The van der Waals surface area contributed by atoms with Crippen LogP contribution in [0.4, 0.5) is 10.5 Å². The molecule has 2 aromatic rings. The molecule has 3 heterocycles. The van der Waals surface area contributed by atoms with Gasteiger partial charge in [-0.2, -0.15) is 0 Å². The third-order valence-electron chi connectivity index (χ3n) is 5.20. The molecule has 0 saturated heterocycles. The average molecular weight is 377 g/mol. The molecule has 146 valence electrons. The second-order valence-corrected chi connectivity index (χ2v) is 8.45. The van der Waals surface area contributed by atoms with E-state index in [2.05, 4.69) is 36.0 Å². The summed E-state index contributed by atoms with van der Waals surface area (Å²) in [5.74, 6) is 0. The minimum atomic E-state index is -0.501. The van der Waals surface area contributed by atoms with E-state index in [1.807, 2.05) is 45.0 Å². The number of aromatic amines is 1. The molecule has 0 saturated carbocycles. The first-order valence-corrected chi connectivity index (χ1v) is 9.70. The minimum absolute atomic E-state index is 0.276. The van der Waals surface area contributed by atoms with Gasteiger partial charge in [0, 0.05) is 37.1 Å². The zero-order chi connectivity index (χ0) is 20.1. The Morgan fingerprint density at radius 3 is 2.79 bits per heavy atom. The Morgan fingerprint density at radius 1 is 1.25 bits per heavy atom. The lowest BCUT2D eigenvalue weighted by atomic mass is 9.91. The Balaban J connectivity index is 1.70. The second kappa shape index (κ2) is 6.59. The molecule has 1 N–H and O–H groups in total. The molecule has 0 aliphatic carbocycles. The van der Waals surface area contributed by atoms with Crippen molar-refractivity contribution in [1.82, 2.24) is 9.88 Å². The quantitative estimate of drug-likeness (QED) is 0.760. The Labute approximate surface area is 166 Å². The van der Waals surface area contributed by atoms with Crippen molar-refractivity contribution in [2.24, 2.45) is 0 Å². The third-order valence-corrected chi connectivity index (χ3v) is 5.20. The molecule has 0 bridgehead atoms. The maximum Gasteiger partial charge on any atom is 0.414 e. The molecule has 28 heavy (non-hydrogen) atoms. The smallest absolute Gasteiger partial charge is 0.414 e. The summed E-state index contributed by atoms with van der Waals surface area (Å²) in [6, 6.07) is 8.43. The number of nitrogens with one attached hydrogen (secondary N) is 1. The first-order valence-electron chi connectivity index (χ1n) is 9.70. The van der Waals surface area contributed by atoms with E-state index in [0.717, 1.165) is 46.6 Å². The van der Waals surface area contributed by atoms with Crippen molar-refractivity contribution in [1.29, 1.82) is 0 Å². The number of carbonyl (C=O) groups excluding carboxylic acids is 1. The van der Waals surface area contributed by atoms with Crippen LogP contribution >= 0.6 is 0 Å². The fourth-order valence-corrected chi connectivity index (χ4v) is 3.85. The van der Waals surface area contributed by atoms with Crippen LogP contribution in [0.5, 0.6) is 0 Å². The number of anilines is 1. The van der Waals surface area contributed by atoms with E-state index in [4.69, 9.17) is 4.74 Å². The Morgan fingerprint density at radius 2 is 2.04 bits per heavy atom. The van der Waals surface area contributed by atoms with Crippen LogP contribution in [-0.2, 0) is 11.2 Å². The van der Waals surface area contributed by atoms with Gasteiger partial charge >= 0.3 is 6.09 Å². The minimum Gasteiger partial charge on any atom is -0.443 e. The van der Waals surface area contributed by atoms with Crippen molar-refractivity contribution >= 4 is 23.1 Å². The molecule has 5 nitrogen and oxygen atoms in total. The molecule has 2 aliphatic rings. The van der Waals surface area contributed by atoms with Crippen molar-refractivity contribution in [3.8, 4) is 0 Å². The van der Waals surface area contributed by atoms with Gasteiger partial charge in [0.1, 0.15) is 5.60 Å². The predicted octanol–water partition coefficient (Wildman–Crippen LogP) is 5.01. The van der Waals surface area contributed by atoms with E-state index >= 15 is 0 Å². The zero-order valence-corrected chi connectivity index (χ0v) is 17.0. The Kier molecular flexibility index (Phi) is 4.33. The summed E-state index contributed by atoms with van der Waals surface area (Å²) in [6.07, 6.45) is 5.68. The maximum absolute atomic E-state index is 12.6. The number of benzene rings is 1. The van der Waals surface area contributed by atoms with Gasteiger partial charge < -0.3 is 14.6 Å². The van der Waals surface area contributed by atoms with Crippen LogP contribution in [0.1, 0.15) is 49.6 Å². The van der Waals surface area contributed by atoms with Crippen molar-refractivity contribution in [2.75, 3.05) is 18.5 Å². The summed E-state index contributed by atoms with van der Waals surface area (Å²) in [4.78, 5) is 19.7. The first-order chi connectivity index (χ1) is 13.2. The normalized spacial score (nSPS) is 16.4. The van der Waals surface area contributed by atoms with Gasteiger partial charge in [-0.3, -0.25) is 4.90 Å². The summed E-state index contributed by atoms with van der Waals surface area (Å²) in [6.45, 7) is 10.5. The largest absolute Gasteiger partial charge is 0.443 e. The number of rotatable bonds is 1. The third kappa shape index (κ3) is 3.21. The topological polar surface area (TPSA) is 48.6 Å². The summed E-state index contributed by atoms with van der Waals surface area (Å²) in [7, 11) is 2.01. The van der Waals surface area contributed by atoms with Crippen molar-refractivity contribution in [3.05, 3.63) is 65.6 Å². The van der Waals surface area contributed by atoms with E-state index < -0.39 is 5.60 Å². The number of fused-ring (bicyclic) bond motifs is 2. The van der Waals surface area contributed by atoms with Gasteiger partial charge in [0.2, 0.25) is 0 Å². The highest BCUT2D eigenvalue weighted by Crippen LogP contribution is 2.38. The molecule has 0 radical (unpaired) electrons. The van der Waals surface area contributed by atoms with Crippen molar-refractivity contribution in [3.63, 3.8) is 0 Å². The molecule has 0 atom stereocenters. The fraction of sp³-hybridized carbons (Fsp3) is 0.348. The number of nitrogens with zero attached hydrogens (tertiary/aromatic N) is 2. The van der Waals surface area contributed by atoms with E-state index in [9.17, 15) is 4.79 Å². The highest BCUT2D eigenvalue weighted by Gasteiger charge is 2.28. The highest BCUT2D eigenvalue weighted by molar-refractivity contribution is 5.92. The monoisotopic (exact) mass is 377 g/mol. The molecule has 0 unspecified atom stereocenters. The second-order valence-electron chi connectivity index (χ2n) is 8.45. The lowest BCUT2D eigenvalue weighted by Gasteiger charge is -2.32. The van der Waals surface area contributed by atoms with Gasteiger partial charge in [-0.15, -0.1) is 0 Å². The predicted molar refractivity (Wildman–Crippen MR) is 113 cm³/mol. The number of hydrogen-bond donors (Lipinski definition) is 1. The molecule has 2 aliphatic heterocycles. The lowest BCUT2D eigenvalue weighted by molar-refractivity contribution is 0.0578. The molecule has 1 aromatic heterocycles. The van der Waals surface area contributed by atoms with Crippen LogP contribution in [-0.4, -0.2) is 35.2 Å². The van der Waals surface area contributed by atoms with Gasteiger partial charge in [-0.1, -0.05) is 12.6 Å². The number of H-pyrrole nitrogens is 1. The lowest BCUT2D eigenvalue weighted by Crippen LogP contribution is -2.39. The maximum atomic E-state index is 12.6. The van der Waals surface area contributed by atoms with E-state index in [0.29, 0.717) is 6.54 Å². The highest BCUT2D eigenvalue weighted by atomic mass is 16.6. The number of amides is 1. The molecule has 0 spiro atoms. The number of carbonyl (C=O) groups is 1. The van der Waals surface area contributed by atoms with Crippen molar-refractivity contribution in [2.45, 2.75) is 39.2 Å². The Hall–Kier alpha value is -2.95. The summed E-state index contributed by atoms with van der Waals surface area (Å²) < 4.78 is 5.60. The molecule has 1 aromatic carbocycles. The average Bonchev–Trinajstić information content (AvgIpc) is 3.12. The summed E-state index contributed by atoms with van der Waals surface area (Å²) in [5, 5.41) is 0. The number of aryl methyl sites for hydroxylation is 1. The standard InChI is InChI=1S/C23H27N3O2/c1-15-21-18(10-11-24-21)19(14-25(15)5)16-8-9-20-17(13-16)7-6-12-26(20)22(27)28-23(2,3)4/h8-11,13-14,24H,1,6-7,12H2,2-5H3. The van der Waals surface area contributed by atoms with Crippen molar-refractivity contribution < 1.29 is 9.53 Å². The number of hydrogen-bond acceptors (Lipinski definition) is 3. The zero-order valence-electron chi connectivity index (χ0n) is 17.0. The Bertz CT molecular complexity index is 978. The molecular formula is C23H27N3O2. The van der Waals surface area contributed by atoms with Gasteiger partial charge in [-0.25, -0.2) is 4.79 Å². The SMILES string of the molecule is C=C1c2[nH]ccc2C(c2ccc3c(c2)CCCN3C(=O)OC(C)(C)C)=CN1C. The van der Waals surface area contributed by atoms with E-state index in [1.54, 1.807) is 4.90 Å². The summed E-state index contributed by atoms with van der Waals surface area (Å²) in [5.41, 5.74) is 7.09. The van der Waals surface area contributed by atoms with Crippen LogP contribution in [0.15, 0.2) is 43.2 Å². The van der Waals surface area contributed by atoms with Crippen LogP contribution < -0.4 is 4.90 Å². The van der Waals surface area contributed by atoms with Crippen LogP contribution in [0.3, 0.4) is 0 Å². The number of ether oxygens (including phenoxy) is 1. The molecule has 1 amide bonds.